The lowest BCUT2D eigenvalue weighted by atomic mass is 10.5. The number of hydrogen-bond acceptors (Lipinski definition) is 1. The Labute approximate surface area is 90.3 Å². The molecule has 0 aromatic heterocycles. The van der Waals surface area contributed by atoms with Crippen LogP contribution in [0.25, 0.3) is 0 Å². The normalized spacial score (nSPS) is 13.9. The van der Waals surface area contributed by atoms with Crippen LogP contribution in [-0.2, 0) is 4.79 Å². The zero-order valence-corrected chi connectivity index (χ0v) is 11.4. The summed E-state index contributed by atoms with van der Waals surface area (Å²) in [6.07, 6.45) is 0. The predicted octanol–water partition coefficient (Wildman–Crippen LogP) is 3.07. The second-order valence-corrected chi connectivity index (χ2v) is 9.12. The van der Waals surface area contributed by atoms with Gasteiger partial charge in [0, 0.05) is 6.92 Å². The van der Waals surface area contributed by atoms with Gasteiger partial charge in [-0.15, -0.1) is 0 Å². The fraction of sp³-hybridized carbons (Fsp3) is 0.909. The highest BCUT2D eigenvalue weighted by molar-refractivity contribution is 8.33. The molecule has 0 aromatic carbocycles. The number of hydrogen-bond donors (Lipinski definition) is 1. The van der Waals surface area contributed by atoms with E-state index < -0.39 is 10.2 Å². The van der Waals surface area contributed by atoms with Crippen molar-refractivity contribution in [3.8, 4) is 0 Å². The third-order valence-corrected chi connectivity index (χ3v) is 7.98. The molecule has 0 aliphatic rings. The van der Waals surface area contributed by atoms with Crippen LogP contribution in [0.2, 0.25) is 0 Å². The van der Waals surface area contributed by atoms with Gasteiger partial charge in [-0.25, -0.2) is 0 Å². The summed E-state index contributed by atoms with van der Waals surface area (Å²) in [5.74, 6) is 0.107. The van der Waals surface area contributed by atoms with Crippen LogP contribution in [-0.4, -0.2) is 21.7 Å². The second kappa shape index (κ2) is 5.06. The van der Waals surface area contributed by atoms with Crippen LogP contribution in [0, 0.1) is 0 Å². The second-order valence-electron chi connectivity index (χ2n) is 4.57. The number of rotatable bonds is 4. The highest BCUT2D eigenvalue weighted by Crippen LogP contribution is 2.56. The number of carbonyl (C=O) groups is 1. The molecule has 86 valence electrons. The van der Waals surface area contributed by atoms with Gasteiger partial charge in [-0.2, -0.15) is 10.2 Å². The van der Waals surface area contributed by atoms with Gasteiger partial charge in [0.15, 0.2) is 0 Å². The zero-order chi connectivity index (χ0) is 11.5. The molecule has 0 spiro atoms. The van der Waals surface area contributed by atoms with E-state index in [0.29, 0.717) is 15.7 Å². The van der Waals surface area contributed by atoms with Gasteiger partial charge in [0.2, 0.25) is 5.91 Å². The van der Waals surface area contributed by atoms with E-state index in [1.807, 2.05) is 0 Å². The van der Waals surface area contributed by atoms with Crippen molar-refractivity contribution < 1.29 is 4.79 Å². The van der Waals surface area contributed by atoms with Gasteiger partial charge in [-0.3, -0.25) is 4.79 Å². The summed E-state index contributed by atoms with van der Waals surface area (Å²) in [5, 5.41) is 1.60. The molecule has 1 N–H and O–H groups in total. The van der Waals surface area contributed by atoms with Gasteiger partial charge < -0.3 is 4.72 Å². The Kier molecular flexibility index (Phi) is 4.99. The molecule has 0 saturated heterocycles. The number of amides is 1. The SMILES string of the molecule is CC(=O)NS(C(C)C)(C(C)C)C(C)C. The highest BCUT2D eigenvalue weighted by Gasteiger charge is 2.35. The maximum Gasteiger partial charge on any atom is 0.225 e. The van der Waals surface area contributed by atoms with Gasteiger partial charge in [0.05, 0.1) is 0 Å². The molecule has 0 rings (SSSR count). The maximum absolute atomic E-state index is 11.3. The van der Waals surface area contributed by atoms with E-state index in [2.05, 4.69) is 46.3 Å². The van der Waals surface area contributed by atoms with Crippen LogP contribution in [0.5, 0.6) is 0 Å². The van der Waals surface area contributed by atoms with E-state index in [-0.39, 0.29) is 5.91 Å². The molecule has 2 nitrogen and oxygen atoms in total. The van der Waals surface area contributed by atoms with Gasteiger partial charge in [0.1, 0.15) is 0 Å². The fourth-order valence-corrected chi connectivity index (χ4v) is 6.71. The van der Waals surface area contributed by atoms with E-state index >= 15 is 0 Å². The maximum atomic E-state index is 11.3. The Balaban J connectivity index is 5.05. The minimum atomic E-state index is -1.05. The lowest BCUT2D eigenvalue weighted by molar-refractivity contribution is -0.117. The first-order valence-corrected chi connectivity index (χ1v) is 7.15. The van der Waals surface area contributed by atoms with Gasteiger partial charge >= 0.3 is 0 Å². The monoisotopic (exact) mass is 219 g/mol. The van der Waals surface area contributed by atoms with E-state index in [0.717, 1.165) is 0 Å². The van der Waals surface area contributed by atoms with Crippen LogP contribution in [0.1, 0.15) is 48.5 Å². The zero-order valence-electron chi connectivity index (χ0n) is 10.5. The summed E-state index contributed by atoms with van der Waals surface area (Å²) < 4.78 is 3.24. The molecule has 0 unspecified atom stereocenters. The summed E-state index contributed by atoms with van der Waals surface area (Å²) >= 11 is 0. The van der Waals surface area contributed by atoms with Crippen LogP contribution in [0.3, 0.4) is 0 Å². The molecular formula is C11H25NOS. The minimum absolute atomic E-state index is 0.107. The number of carbonyl (C=O) groups excluding carboxylic acids is 1. The van der Waals surface area contributed by atoms with Crippen molar-refractivity contribution >= 4 is 16.1 Å². The van der Waals surface area contributed by atoms with Crippen molar-refractivity contribution in [2.75, 3.05) is 0 Å². The summed E-state index contributed by atoms with van der Waals surface area (Å²) in [5.41, 5.74) is 0. The van der Waals surface area contributed by atoms with Crippen molar-refractivity contribution in [3.63, 3.8) is 0 Å². The average molecular weight is 219 g/mol. The van der Waals surface area contributed by atoms with Crippen LogP contribution in [0.4, 0.5) is 0 Å². The first-order valence-electron chi connectivity index (χ1n) is 5.33. The van der Waals surface area contributed by atoms with Crippen molar-refractivity contribution in [1.82, 2.24) is 4.72 Å². The Hall–Kier alpha value is -0.180. The lowest BCUT2D eigenvalue weighted by Gasteiger charge is -2.51. The molecule has 3 heteroatoms. The first kappa shape index (κ1) is 13.8. The largest absolute Gasteiger partial charge is 0.318 e. The molecule has 0 aromatic rings. The van der Waals surface area contributed by atoms with Crippen LogP contribution in [0.15, 0.2) is 0 Å². The van der Waals surface area contributed by atoms with E-state index in [9.17, 15) is 4.79 Å². The molecule has 0 saturated carbocycles. The molecule has 0 atom stereocenters. The van der Waals surface area contributed by atoms with Gasteiger partial charge in [-0.05, 0) is 15.7 Å². The smallest absolute Gasteiger partial charge is 0.225 e. The third kappa shape index (κ3) is 2.66. The van der Waals surface area contributed by atoms with Gasteiger partial charge in [0.25, 0.3) is 0 Å². The third-order valence-electron chi connectivity index (χ3n) is 2.66. The van der Waals surface area contributed by atoms with Crippen molar-refractivity contribution in [3.05, 3.63) is 0 Å². The molecule has 0 fully saturated rings. The lowest BCUT2D eigenvalue weighted by Crippen LogP contribution is -2.41. The fourth-order valence-electron chi connectivity index (χ4n) is 2.24. The van der Waals surface area contributed by atoms with E-state index in [1.54, 1.807) is 6.92 Å². The summed E-state index contributed by atoms with van der Waals surface area (Å²) in [4.78, 5) is 11.3. The summed E-state index contributed by atoms with van der Waals surface area (Å²) in [6, 6.07) is 0. The molecule has 0 aliphatic carbocycles. The van der Waals surface area contributed by atoms with Crippen molar-refractivity contribution in [2.24, 2.45) is 0 Å². The minimum Gasteiger partial charge on any atom is -0.318 e. The summed E-state index contributed by atoms with van der Waals surface area (Å²) in [6.45, 7) is 14.9. The average Bonchev–Trinajstić information content (AvgIpc) is 1.97. The molecule has 0 aliphatic heterocycles. The molecular weight excluding hydrogens is 194 g/mol. The topological polar surface area (TPSA) is 29.1 Å². The van der Waals surface area contributed by atoms with E-state index in [1.165, 1.54) is 0 Å². The Morgan fingerprint density at radius 2 is 1.21 bits per heavy atom. The van der Waals surface area contributed by atoms with E-state index in [4.69, 9.17) is 0 Å². The standard InChI is InChI=1S/C11H25NOS/c1-8(2)14(9(3)4,10(5)6)12-11(7)13/h8-10H,1-7H3,(H,12,13). The summed E-state index contributed by atoms with van der Waals surface area (Å²) in [7, 11) is -1.05. The number of nitrogens with one attached hydrogen (secondary N) is 1. The Morgan fingerprint density at radius 1 is 0.929 bits per heavy atom. The highest BCUT2D eigenvalue weighted by atomic mass is 32.3. The predicted molar refractivity (Wildman–Crippen MR) is 66.8 cm³/mol. The Bertz CT molecular complexity index is 178. The van der Waals surface area contributed by atoms with Crippen molar-refractivity contribution in [1.29, 1.82) is 0 Å². The quantitative estimate of drug-likeness (QED) is 0.773. The molecule has 14 heavy (non-hydrogen) atoms. The Morgan fingerprint density at radius 3 is 1.29 bits per heavy atom. The van der Waals surface area contributed by atoms with Crippen LogP contribution >= 0.6 is 10.2 Å². The molecule has 0 heterocycles. The molecule has 1 amide bonds. The van der Waals surface area contributed by atoms with Crippen molar-refractivity contribution in [2.45, 2.75) is 64.2 Å². The van der Waals surface area contributed by atoms with Crippen LogP contribution < -0.4 is 4.72 Å². The van der Waals surface area contributed by atoms with Gasteiger partial charge in [-0.1, -0.05) is 41.5 Å². The first-order chi connectivity index (χ1) is 6.25. The molecule has 0 radical (unpaired) electrons. The molecule has 0 bridgehead atoms.